The Bertz CT molecular complexity index is 644. The standard InChI is InChI=1S/C29H51BO2/c1-7-11-14-16-21-29(6,20-15-12-8-2)27(31)32-24-25-18-17-22-30-26(25)23-28(5,10-4)19-13-9-3/h17-18,22H,7-16,19-21,23-24H2,1-6H3. The summed E-state index contributed by atoms with van der Waals surface area (Å²) in [4.78, 5) is 13.3. The Hall–Kier alpha value is -1.12. The maximum atomic E-state index is 13.3. The van der Waals surface area contributed by atoms with Crippen LogP contribution in [0.5, 0.6) is 0 Å². The van der Waals surface area contributed by atoms with E-state index in [-0.39, 0.29) is 11.4 Å². The van der Waals surface area contributed by atoms with Gasteiger partial charge in [-0.1, -0.05) is 0 Å². The van der Waals surface area contributed by atoms with Gasteiger partial charge in [-0.05, 0) is 0 Å². The first-order valence-electron chi connectivity index (χ1n) is 13.6. The third-order valence-electron chi connectivity index (χ3n) is 7.49. The fourth-order valence-corrected chi connectivity index (χ4v) is 4.68. The van der Waals surface area contributed by atoms with Gasteiger partial charge in [0.2, 0.25) is 0 Å². The second-order valence-corrected chi connectivity index (χ2v) is 10.6. The predicted octanol–water partition coefficient (Wildman–Crippen LogP) is 8.77. The van der Waals surface area contributed by atoms with Crippen LogP contribution in [0.25, 0.3) is 0 Å². The Labute approximate surface area is 200 Å². The Morgan fingerprint density at radius 2 is 1.50 bits per heavy atom. The molecule has 3 heteroatoms. The van der Waals surface area contributed by atoms with Gasteiger partial charge in [-0.2, -0.15) is 0 Å². The number of unbranched alkanes of at least 4 members (excludes halogenated alkanes) is 6. The summed E-state index contributed by atoms with van der Waals surface area (Å²) >= 11 is 0. The van der Waals surface area contributed by atoms with Gasteiger partial charge in [-0.25, -0.2) is 0 Å². The van der Waals surface area contributed by atoms with Crippen LogP contribution in [-0.4, -0.2) is 12.9 Å². The summed E-state index contributed by atoms with van der Waals surface area (Å²) in [6.07, 6.45) is 16.2. The molecule has 0 spiro atoms. The van der Waals surface area contributed by atoms with E-state index >= 15 is 0 Å². The van der Waals surface area contributed by atoms with Crippen LogP contribution in [0.15, 0.2) is 18.1 Å². The molecule has 0 saturated heterocycles. The van der Waals surface area contributed by atoms with Crippen molar-refractivity contribution in [3.63, 3.8) is 0 Å². The third-order valence-corrected chi connectivity index (χ3v) is 7.49. The topological polar surface area (TPSA) is 26.3 Å². The fraction of sp³-hybridized carbons (Fsp3) is 0.793. The Balaban J connectivity index is 2.84. The van der Waals surface area contributed by atoms with Crippen molar-refractivity contribution in [2.24, 2.45) is 10.8 Å². The molecular formula is C29H51BO2. The summed E-state index contributed by atoms with van der Waals surface area (Å²) in [5, 5.41) is 0. The molecule has 0 aromatic carbocycles. The molecule has 0 amide bonds. The SMILES string of the molecule is CCCCCCC(C)(CCCCC)C(=O)OCc1cccbc1CC(C)(CC)CCCC. The van der Waals surface area contributed by atoms with Crippen LogP contribution < -0.4 is 0 Å². The first-order valence-corrected chi connectivity index (χ1v) is 13.6. The van der Waals surface area contributed by atoms with Crippen molar-refractivity contribution in [1.29, 1.82) is 0 Å². The van der Waals surface area contributed by atoms with Crippen molar-refractivity contribution in [3.8, 4) is 0 Å². The first-order chi connectivity index (χ1) is 15.3. The van der Waals surface area contributed by atoms with E-state index in [0.29, 0.717) is 12.0 Å². The number of rotatable bonds is 18. The number of carbonyl (C=O) groups excluding carboxylic acids is 1. The molecule has 1 rings (SSSR count). The molecule has 0 saturated carbocycles. The zero-order valence-electron chi connectivity index (χ0n) is 22.2. The second kappa shape index (κ2) is 15.7. The quantitative estimate of drug-likeness (QED) is 0.168. The van der Waals surface area contributed by atoms with Crippen LogP contribution in [0.4, 0.5) is 0 Å². The van der Waals surface area contributed by atoms with E-state index < -0.39 is 0 Å². The zero-order chi connectivity index (χ0) is 23.9. The van der Waals surface area contributed by atoms with Crippen molar-refractivity contribution in [1.82, 2.24) is 0 Å². The van der Waals surface area contributed by atoms with E-state index in [9.17, 15) is 4.79 Å². The van der Waals surface area contributed by atoms with Gasteiger partial charge < -0.3 is 0 Å². The summed E-state index contributed by atoms with van der Waals surface area (Å²) in [6.45, 7) is 16.2. The molecule has 32 heavy (non-hydrogen) atoms. The Morgan fingerprint density at radius 1 is 0.875 bits per heavy atom. The van der Waals surface area contributed by atoms with Gasteiger partial charge in [-0.3, -0.25) is 0 Å². The summed E-state index contributed by atoms with van der Waals surface area (Å²) in [5.74, 6) is 2.13. The molecule has 0 aliphatic rings. The summed E-state index contributed by atoms with van der Waals surface area (Å²) in [7, 11) is 0. The molecule has 2 nitrogen and oxygen atoms in total. The van der Waals surface area contributed by atoms with Crippen LogP contribution in [0.1, 0.15) is 136 Å². The average molecular weight is 443 g/mol. The fourth-order valence-electron chi connectivity index (χ4n) is 4.68. The Kier molecular flexibility index (Phi) is 14.2. The number of hydrogen-bond acceptors (Lipinski definition) is 2. The van der Waals surface area contributed by atoms with Crippen molar-refractivity contribution in [3.05, 3.63) is 29.1 Å². The van der Waals surface area contributed by atoms with Crippen molar-refractivity contribution in [2.75, 3.05) is 0 Å². The van der Waals surface area contributed by atoms with E-state index in [0.717, 1.165) is 32.1 Å². The van der Waals surface area contributed by atoms with E-state index in [2.05, 4.69) is 66.5 Å². The van der Waals surface area contributed by atoms with Crippen LogP contribution >= 0.6 is 0 Å². The molecule has 1 aromatic heterocycles. The number of esters is 1. The molecule has 1 aromatic rings. The van der Waals surface area contributed by atoms with Crippen LogP contribution in [0.3, 0.4) is 0 Å². The maximum absolute atomic E-state index is 13.3. The van der Waals surface area contributed by atoms with Gasteiger partial charge in [0.05, 0.1) is 0 Å². The molecule has 0 N–H and O–H groups in total. The van der Waals surface area contributed by atoms with E-state index in [1.54, 1.807) is 0 Å². The van der Waals surface area contributed by atoms with Crippen LogP contribution in [0, 0.1) is 10.8 Å². The third kappa shape index (κ3) is 10.2. The molecular weight excluding hydrogens is 391 g/mol. The van der Waals surface area contributed by atoms with Gasteiger partial charge in [0.1, 0.15) is 0 Å². The van der Waals surface area contributed by atoms with Gasteiger partial charge in [0.15, 0.2) is 0 Å². The van der Waals surface area contributed by atoms with Gasteiger partial charge in [-0.15, -0.1) is 0 Å². The minimum atomic E-state index is -0.350. The van der Waals surface area contributed by atoms with Gasteiger partial charge >= 0.3 is 200 Å². The second-order valence-electron chi connectivity index (χ2n) is 10.6. The zero-order valence-corrected chi connectivity index (χ0v) is 22.2. The van der Waals surface area contributed by atoms with Crippen LogP contribution in [0.2, 0.25) is 0 Å². The number of carbonyl (C=O) groups is 1. The molecule has 0 aliphatic carbocycles. The molecule has 2 atom stereocenters. The van der Waals surface area contributed by atoms with Crippen molar-refractivity contribution >= 4 is 12.9 Å². The van der Waals surface area contributed by atoms with Crippen LogP contribution in [-0.2, 0) is 22.6 Å². The first kappa shape index (κ1) is 28.9. The predicted molar refractivity (Wildman–Crippen MR) is 140 cm³/mol. The summed E-state index contributed by atoms with van der Waals surface area (Å²) < 4.78 is 6.01. The molecule has 2 unspecified atom stereocenters. The number of hydrogen-bond donors (Lipinski definition) is 0. The van der Waals surface area contributed by atoms with Gasteiger partial charge in [0, 0.05) is 0 Å². The average Bonchev–Trinajstić information content (AvgIpc) is 2.80. The minimum absolute atomic E-state index is 0.00383. The van der Waals surface area contributed by atoms with E-state index in [1.165, 1.54) is 68.8 Å². The van der Waals surface area contributed by atoms with E-state index in [1.807, 2.05) is 0 Å². The molecule has 0 bridgehead atoms. The molecule has 0 aliphatic heterocycles. The van der Waals surface area contributed by atoms with Crippen molar-refractivity contribution in [2.45, 2.75) is 138 Å². The summed E-state index contributed by atoms with van der Waals surface area (Å²) in [6, 6.07) is 4.22. The van der Waals surface area contributed by atoms with Crippen molar-refractivity contribution < 1.29 is 9.53 Å². The molecule has 1 heterocycles. The monoisotopic (exact) mass is 442 g/mol. The summed E-state index contributed by atoms with van der Waals surface area (Å²) in [5.41, 5.74) is 2.48. The Morgan fingerprint density at radius 3 is 2.12 bits per heavy atom. The molecule has 0 radical (unpaired) electrons. The van der Waals surface area contributed by atoms with E-state index in [4.69, 9.17) is 4.74 Å². The van der Waals surface area contributed by atoms with Gasteiger partial charge in [0.25, 0.3) is 0 Å². The normalized spacial score (nSPS) is 15.1. The molecule has 0 fully saturated rings. The molecule has 182 valence electrons. The number of ether oxygens (including phenoxy) is 1.